The van der Waals surface area contributed by atoms with E-state index in [4.69, 9.17) is 0 Å². The Labute approximate surface area is 82.8 Å². The van der Waals surface area contributed by atoms with Gasteiger partial charge in [-0.1, -0.05) is 6.92 Å². The van der Waals surface area contributed by atoms with Gasteiger partial charge in [-0.25, -0.2) is 4.98 Å². The highest BCUT2D eigenvalue weighted by Gasteiger charge is 2.40. The van der Waals surface area contributed by atoms with Gasteiger partial charge in [0.25, 0.3) is 5.56 Å². The largest absolute Gasteiger partial charge is 0.369 e. The molecule has 1 heterocycles. The molecule has 14 heavy (non-hydrogen) atoms. The minimum atomic E-state index is -0.108. The van der Waals surface area contributed by atoms with Gasteiger partial charge in [0, 0.05) is 12.6 Å². The van der Waals surface area contributed by atoms with E-state index in [0.29, 0.717) is 11.2 Å². The fourth-order valence-corrected chi connectivity index (χ4v) is 1.58. The van der Waals surface area contributed by atoms with Crippen LogP contribution in [0.5, 0.6) is 0 Å². The van der Waals surface area contributed by atoms with E-state index in [9.17, 15) is 4.79 Å². The highest BCUT2D eigenvalue weighted by Crippen LogP contribution is 2.48. The molecule has 0 atom stereocenters. The quantitative estimate of drug-likeness (QED) is 0.759. The maximum absolute atomic E-state index is 11.0. The van der Waals surface area contributed by atoms with E-state index in [1.165, 1.54) is 31.7 Å². The van der Waals surface area contributed by atoms with E-state index in [1.807, 2.05) is 0 Å². The molecule has 2 rings (SSSR count). The molecule has 0 spiro atoms. The van der Waals surface area contributed by atoms with E-state index in [0.717, 1.165) is 6.54 Å². The molecule has 2 N–H and O–H groups in total. The van der Waals surface area contributed by atoms with Crippen LogP contribution in [-0.4, -0.2) is 16.5 Å². The molecule has 0 saturated heterocycles. The smallest absolute Gasteiger partial charge is 0.252 e. The summed E-state index contributed by atoms with van der Waals surface area (Å²) in [5.74, 6) is 0.675. The predicted molar refractivity (Wildman–Crippen MR) is 55.3 cm³/mol. The SMILES string of the molecule is CCC1(CNc2cc(=O)[nH]cn2)CC1. The Morgan fingerprint density at radius 3 is 3.00 bits per heavy atom. The van der Waals surface area contributed by atoms with E-state index < -0.39 is 0 Å². The van der Waals surface area contributed by atoms with E-state index >= 15 is 0 Å². The Morgan fingerprint density at radius 1 is 1.64 bits per heavy atom. The molecule has 0 bridgehead atoms. The van der Waals surface area contributed by atoms with Gasteiger partial charge in [0.2, 0.25) is 0 Å². The average molecular weight is 193 g/mol. The molecule has 1 aromatic heterocycles. The van der Waals surface area contributed by atoms with Crippen LogP contribution in [0.3, 0.4) is 0 Å². The fraction of sp³-hybridized carbons (Fsp3) is 0.600. The third-order valence-corrected chi connectivity index (χ3v) is 3.03. The predicted octanol–water partition coefficient (Wildman–Crippen LogP) is 1.37. The standard InChI is InChI=1S/C10H15N3O/c1-2-10(3-4-10)6-11-8-5-9(14)13-7-12-8/h5,7H,2-4,6H2,1H3,(H2,11,12,13,14). The molecule has 0 aromatic carbocycles. The van der Waals surface area contributed by atoms with Gasteiger partial charge in [-0.05, 0) is 24.7 Å². The van der Waals surface area contributed by atoms with Crippen LogP contribution in [0.1, 0.15) is 26.2 Å². The summed E-state index contributed by atoms with van der Waals surface area (Å²) >= 11 is 0. The van der Waals surface area contributed by atoms with Crippen molar-refractivity contribution in [3.8, 4) is 0 Å². The number of anilines is 1. The second kappa shape index (κ2) is 3.44. The topological polar surface area (TPSA) is 57.8 Å². The van der Waals surface area contributed by atoms with Crippen molar-refractivity contribution in [3.05, 3.63) is 22.7 Å². The van der Waals surface area contributed by atoms with Crippen molar-refractivity contribution in [2.24, 2.45) is 5.41 Å². The van der Waals surface area contributed by atoms with Crippen molar-refractivity contribution in [2.75, 3.05) is 11.9 Å². The Morgan fingerprint density at radius 2 is 2.43 bits per heavy atom. The Balaban J connectivity index is 1.95. The molecule has 0 unspecified atom stereocenters. The number of hydrogen-bond donors (Lipinski definition) is 2. The molecule has 1 aliphatic carbocycles. The van der Waals surface area contributed by atoms with Gasteiger partial charge in [-0.15, -0.1) is 0 Å². The highest BCUT2D eigenvalue weighted by atomic mass is 16.1. The lowest BCUT2D eigenvalue weighted by Gasteiger charge is -2.13. The van der Waals surface area contributed by atoms with E-state index in [1.54, 1.807) is 0 Å². The summed E-state index contributed by atoms with van der Waals surface area (Å²) in [5.41, 5.74) is 0.369. The van der Waals surface area contributed by atoms with Gasteiger partial charge in [-0.2, -0.15) is 0 Å². The summed E-state index contributed by atoms with van der Waals surface area (Å²) in [6.07, 6.45) is 5.21. The lowest BCUT2D eigenvalue weighted by atomic mass is 10.0. The van der Waals surface area contributed by atoms with Crippen LogP contribution in [-0.2, 0) is 0 Å². The zero-order valence-corrected chi connectivity index (χ0v) is 8.34. The third kappa shape index (κ3) is 1.95. The number of nitrogens with zero attached hydrogens (tertiary/aromatic N) is 1. The Kier molecular flexibility index (Phi) is 2.27. The lowest BCUT2D eigenvalue weighted by Crippen LogP contribution is -2.17. The first kappa shape index (κ1) is 9.24. The van der Waals surface area contributed by atoms with Gasteiger partial charge in [-0.3, -0.25) is 4.79 Å². The summed E-state index contributed by atoms with van der Waals surface area (Å²) in [4.78, 5) is 17.5. The molecular weight excluding hydrogens is 178 g/mol. The lowest BCUT2D eigenvalue weighted by molar-refractivity contribution is 0.520. The Bertz CT molecular complexity index is 368. The zero-order chi connectivity index (χ0) is 10.0. The van der Waals surface area contributed by atoms with Crippen LogP contribution in [0.15, 0.2) is 17.2 Å². The Hall–Kier alpha value is -1.32. The second-order valence-corrected chi connectivity index (χ2v) is 4.00. The summed E-state index contributed by atoms with van der Waals surface area (Å²) in [6.45, 7) is 3.14. The molecule has 1 aliphatic rings. The number of hydrogen-bond acceptors (Lipinski definition) is 3. The van der Waals surface area contributed by atoms with Gasteiger partial charge in [0.1, 0.15) is 5.82 Å². The first-order valence-electron chi connectivity index (χ1n) is 5.03. The van der Waals surface area contributed by atoms with Crippen LogP contribution >= 0.6 is 0 Å². The number of rotatable bonds is 4. The van der Waals surface area contributed by atoms with Crippen molar-refractivity contribution in [2.45, 2.75) is 26.2 Å². The zero-order valence-electron chi connectivity index (χ0n) is 8.34. The highest BCUT2D eigenvalue weighted by molar-refractivity contribution is 5.32. The normalized spacial score (nSPS) is 17.8. The van der Waals surface area contributed by atoms with E-state index in [2.05, 4.69) is 22.2 Å². The summed E-state index contributed by atoms with van der Waals surface area (Å²) in [7, 11) is 0. The monoisotopic (exact) mass is 193 g/mol. The van der Waals surface area contributed by atoms with Crippen molar-refractivity contribution in [1.29, 1.82) is 0 Å². The summed E-state index contributed by atoms with van der Waals surface area (Å²) < 4.78 is 0. The van der Waals surface area contributed by atoms with Crippen molar-refractivity contribution < 1.29 is 0 Å². The summed E-state index contributed by atoms with van der Waals surface area (Å²) in [6, 6.07) is 1.49. The average Bonchev–Trinajstić information content (AvgIpc) is 2.96. The molecule has 0 amide bonds. The van der Waals surface area contributed by atoms with Crippen LogP contribution in [0.25, 0.3) is 0 Å². The maximum atomic E-state index is 11.0. The van der Waals surface area contributed by atoms with Gasteiger partial charge in [0.05, 0.1) is 6.33 Å². The van der Waals surface area contributed by atoms with Crippen LogP contribution in [0, 0.1) is 5.41 Å². The molecule has 1 saturated carbocycles. The molecule has 0 radical (unpaired) electrons. The minimum absolute atomic E-state index is 0.108. The fourth-order valence-electron chi connectivity index (χ4n) is 1.58. The van der Waals surface area contributed by atoms with Crippen molar-refractivity contribution in [3.63, 3.8) is 0 Å². The first-order valence-corrected chi connectivity index (χ1v) is 5.03. The first-order chi connectivity index (χ1) is 6.74. The molecule has 76 valence electrons. The third-order valence-electron chi connectivity index (χ3n) is 3.03. The van der Waals surface area contributed by atoms with Crippen molar-refractivity contribution >= 4 is 5.82 Å². The number of H-pyrrole nitrogens is 1. The van der Waals surface area contributed by atoms with Crippen LogP contribution in [0.4, 0.5) is 5.82 Å². The molecule has 0 aliphatic heterocycles. The van der Waals surface area contributed by atoms with Crippen LogP contribution < -0.4 is 10.9 Å². The molecule has 4 nitrogen and oxygen atoms in total. The van der Waals surface area contributed by atoms with Gasteiger partial charge in [0.15, 0.2) is 0 Å². The number of nitrogens with one attached hydrogen (secondary N) is 2. The molecule has 4 heteroatoms. The number of aromatic amines is 1. The summed E-state index contributed by atoms with van der Waals surface area (Å²) in [5, 5.41) is 3.21. The molecular formula is C10H15N3O. The number of aromatic nitrogens is 2. The molecule has 1 aromatic rings. The minimum Gasteiger partial charge on any atom is -0.369 e. The van der Waals surface area contributed by atoms with Crippen molar-refractivity contribution in [1.82, 2.24) is 9.97 Å². The molecule has 1 fully saturated rings. The van der Waals surface area contributed by atoms with Gasteiger partial charge < -0.3 is 10.3 Å². The second-order valence-electron chi connectivity index (χ2n) is 4.00. The maximum Gasteiger partial charge on any atom is 0.252 e. The van der Waals surface area contributed by atoms with Gasteiger partial charge >= 0.3 is 0 Å². The van der Waals surface area contributed by atoms with Crippen LogP contribution in [0.2, 0.25) is 0 Å². The van der Waals surface area contributed by atoms with E-state index in [-0.39, 0.29) is 5.56 Å².